The van der Waals surface area contributed by atoms with Crippen LogP contribution >= 0.6 is 0 Å². The van der Waals surface area contributed by atoms with Crippen LogP contribution in [-0.2, 0) is 0 Å². The van der Waals surface area contributed by atoms with Gasteiger partial charge in [0.25, 0.3) is 5.69 Å². The van der Waals surface area contributed by atoms with Crippen molar-refractivity contribution in [2.75, 3.05) is 12.3 Å². The Bertz CT molecular complexity index is 380. The van der Waals surface area contributed by atoms with Crippen LogP contribution in [0.1, 0.15) is 32.6 Å². The van der Waals surface area contributed by atoms with Gasteiger partial charge in [-0.2, -0.15) is 0 Å². The van der Waals surface area contributed by atoms with Crippen molar-refractivity contribution in [1.29, 1.82) is 0 Å². The summed E-state index contributed by atoms with van der Waals surface area (Å²) in [6, 6.07) is 4.33. The maximum absolute atomic E-state index is 10.6. The third-order valence-electron chi connectivity index (χ3n) is 2.39. The van der Waals surface area contributed by atoms with Crippen LogP contribution in [-0.4, -0.2) is 11.5 Å². The molecule has 1 aromatic rings. The van der Waals surface area contributed by atoms with Crippen molar-refractivity contribution >= 4 is 11.4 Å². The van der Waals surface area contributed by atoms with E-state index < -0.39 is 4.92 Å². The fourth-order valence-electron chi connectivity index (χ4n) is 1.51. The zero-order valence-electron chi connectivity index (χ0n) is 10.0. The fraction of sp³-hybridized carbons (Fsp3) is 0.500. The van der Waals surface area contributed by atoms with Crippen molar-refractivity contribution in [2.24, 2.45) is 0 Å². The van der Waals surface area contributed by atoms with Gasteiger partial charge in [0.15, 0.2) is 0 Å². The fourth-order valence-corrected chi connectivity index (χ4v) is 1.51. The first kappa shape index (κ1) is 13.3. The van der Waals surface area contributed by atoms with Crippen LogP contribution in [0.2, 0.25) is 0 Å². The zero-order chi connectivity index (χ0) is 12.7. The summed E-state index contributed by atoms with van der Waals surface area (Å²) in [4.78, 5) is 10.1. The number of anilines is 1. The van der Waals surface area contributed by atoms with Crippen LogP contribution in [0.15, 0.2) is 18.2 Å². The molecule has 0 aliphatic rings. The number of nitro benzene ring substituents is 1. The predicted octanol–water partition coefficient (Wildman–Crippen LogP) is 3.14. The third-order valence-corrected chi connectivity index (χ3v) is 2.39. The highest BCUT2D eigenvalue weighted by Gasteiger charge is 2.08. The maximum atomic E-state index is 10.6. The summed E-state index contributed by atoms with van der Waals surface area (Å²) in [7, 11) is 0. The molecule has 0 radical (unpaired) electrons. The molecule has 5 nitrogen and oxygen atoms in total. The second-order valence-corrected chi connectivity index (χ2v) is 3.93. The second-order valence-electron chi connectivity index (χ2n) is 3.93. The number of benzene rings is 1. The molecule has 0 fully saturated rings. The maximum Gasteiger partial charge on any atom is 0.275 e. The monoisotopic (exact) mass is 238 g/mol. The van der Waals surface area contributed by atoms with Crippen LogP contribution in [0.5, 0.6) is 5.75 Å². The van der Waals surface area contributed by atoms with E-state index >= 15 is 0 Å². The molecule has 0 heterocycles. The molecule has 0 aromatic heterocycles. The molecular weight excluding hydrogens is 220 g/mol. The summed E-state index contributed by atoms with van der Waals surface area (Å²) < 4.78 is 5.44. The van der Waals surface area contributed by atoms with Crippen molar-refractivity contribution < 1.29 is 9.66 Å². The molecule has 0 amide bonds. The van der Waals surface area contributed by atoms with E-state index in [1.54, 1.807) is 6.07 Å². The number of hydrogen-bond acceptors (Lipinski definition) is 4. The van der Waals surface area contributed by atoms with Crippen molar-refractivity contribution in [3.05, 3.63) is 28.3 Å². The highest BCUT2D eigenvalue weighted by molar-refractivity contribution is 5.53. The van der Waals surface area contributed by atoms with E-state index in [1.165, 1.54) is 25.0 Å². The van der Waals surface area contributed by atoms with Crippen LogP contribution in [0.3, 0.4) is 0 Å². The van der Waals surface area contributed by atoms with Gasteiger partial charge >= 0.3 is 0 Å². The smallest absolute Gasteiger partial charge is 0.275 e. The van der Waals surface area contributed by atoms with Gasteiger partial charge in [-0.25, -0.2) is 0 Å². The highest BCUT2D eigenvalue weighted by atomic mass is 16.6. The summed E-state index contributed by atoms with van der Waals surface area (Å²) in [5.74, 6) is 0.466. The lowest BCUT2D eigenvalue weighted by molar-refractivity contribution is -0.384. The second kappa shape index (κ2) is 6.73. The van der Waals surface area contributed by atoms with Gasteiger partial charge in [0.2, 0.25) is 0 Å². The Morgan fingerprint density at radius 2 is 2.06 bits per heavy atom. The number of nitrogen functional groups attached to an aromatic ring is 1. The summed E-state index contributed by atoms with van der Waals surface area (Å²) in [6.07, 6.45) is 4.42. The molecule has 1 aromatic carbocycles. The Morgan fingerprint density at radius 3 is 2.71 bits per heavy atom. The molecule has 1 rings (SSSR count). The molecule has 5 heteroatoms. The molecule has 0 bridgehead atoms. The van der Waals surface area contributed by atoms with Gasteiger partial charge < -0.3 is 10.5 Å². The number of nitrogens with zero attached hydrogens (tertiary/aromatic N) is 1. The Hall–Kier alpha value is -1.78. The minimum absolute atomic E-state index is 0.0337. The van der Waals surface area contributed by atoms with Crippen LogP contribution in [0.4, 0.5) is 11.4 Å². The molecule has 0 atom stereocenters. The van der Waals surface area contributed by atoms with Crippen molar-refractivity contribution in [3.8, 4) is 5.75 Å². The van der Waals surface area contributed by atoms with E-state index in [2.05, 4.69) is 6.92 Å². The number of nitro groups is 1. The quantitative estimate of drug-likeness (QED) is 0.342. The first-order chi connectivity index (χ1) is 8.13. The minimum atomic E-state index is -0.472. The number of rotatable bonds is 7. The topological polar surface area (TPSA) is 78.4 Å². The third kappa shape index (κ3) is 4.72. The van der Waals surface area contributed by atoms with Gasteiger partial charge in [0, 0.05) is 17.8 Å². The molecule has 0 saturated carbocycles. The molecule has 0 aliphatic heterocycles. The molecule has 17 heavy (non-hydrogen) atoms. The van der Waals surface area contributed by atoms with Crippen LogP contribution in [0.25, 0.3) is 0 Å². The van der Waals surface area contributed by atoms with Gasteiger partial charge in [0.05, 0.1) is 17.6 Å². The Labute approximate surface area is 101 Å². The van der Waals surface area contributed by atoms with E-state index in [9.17, 15) is 10.1 Å². The van der Waals surface area contributed by atoms with Crippen LogP contribution in [0, 0.1) is 10.1 Å². The van der Waals surface area contributed by atoms with Crippen molar-refractivity contribution in [1.82, 2.24) is 0 Å². The van der Waals surface area contributed by atoms with Gasteiger partial charge in [-0.05, 0) is 6.42 Å². The summed E-state index contributed by atoms with van der Waals surface area (Å²) >= 11 is 0. The standard InChI is InChI=1S/C12H18N2O3/c1-2-3-4-5-6-17-12-8-10(13)7-11(9-12)14(15)16/h7-9H,2-6,13H2,1H3. The molecule has 0 unspecified atom stereocenters. The molecule has 0 aliphatic carbocycles. The summed E-state index contributed by atoms with van der Waals surface area (Å²) in [5.41, 5.74) is 5.88. The molecular formula is C12H18N2O3. The Kier molecular flexibility index (Phi) is 5.26. The molecule has 0 saturated heterocycles. The lowest BCUT2D eigenvalue weighted by Crippen LogP contribution is -1.99. The van der Waals surface area contributed by atoms with Crippen molar-refractivity contribution in [2.45, 2.75) is 32.6 Å². The van der Waals surface area contributed by atoms with E-state index in [1.807, 2.05) is 0 Å². The summed E-state index contributed by atoms with van der Waals surface area (Å²) in [5, 5.41) is 10.6. The minimum Gasteiger partial charge on any atom is -0.493 e. The van der Waals surface area contributed by atoms with E-state index in [0.717, 1.165) is 12.8 Å². The lowest BCUT2D eigenvalue weighted by Gasteiger charge is -2.06. The average Bonchev–Trinajstić information content (AvgIpc) is 2.28. The van der Waals surface area contributed by atoms with E-state index in [4.69, 9.17) is 10.5 Å². The van der Waals surface area contributed by atoms with E-state index in [0.29, 0.717) is 18.0 Å². The number of unbranched alkanes of at least 4 members (excludes halogenated alkanes) is 3. The Morgan fingerprint density at radius 1 is 1.29 bits per heavy atom. The zero-order valence-corrected chi connectivity index (χ0v) is 10.0. The lowest BCUT2D eigenvalue weighted by atomic mass is 10.2. The van der Waals surface area contributed by atoms with Gasteiger partial charge in [-0.3, -0.25) is 10.1 Å². The largest absolute Gasteiger partial charge is 0.493 e. The number of nitrogens with two attached hydrogens (primary N) is 1. The number of non-ortho nitro benzene ring substituents is 1. The highest BCUT2D eigenvalue weighted by Crippen LogP contribution is 2.24. The molecule has 2 N–H and O–H groups in total. The number of hydrogen-bond donors (Lipinski definition) is 1. The predicted molar refractivity (Wildman–Crippen MR) is 67.1 cm³/mol. The molecule has 94 valence electrons. The first-order valence-electron chi connectivity index (χ1n) is 5.81. The number of ether oxygens (including phenoxy) is 1. The normalized spacial score (nSPS) is 10.2. The molecule has 0 spiro atoms. The SMILES string of the molecule is CCCCCCOc1cc(N)cc([N+](=O)[O-])c1. The van der Waals surface area contributed by atoms with Gasteiger partial charge in [-0.1, -0.05) is 26.2 Å². The van der Waals surface area contributed by atoms with Gasteiger partial charge in [0.1, 0.15) is 5.75 Å². The average molecular weight is 238 g/mol. The first-order valence-corrected chi connectivity index (χ1v) is 5.81. The summed E-state index contributed by atoms with van der Waals surface area (Å²) in [6.45, 7) is 2.71. The van der Waals surface area contributed by atoms with Crippen LogP contribution < -0.4 is 10.5 Å². The Balaban J connectivity index is 2.50. The van der Waals surface area contributed by atoms with E-state index in [-0.39, 0.29) is 5.69 Å². The van der Waals surface area contributed by atoms with Crippen molar-refractivity contribution in [3.63, 3.8) is 0 Å². The van der Waals surface area contributed by atoms with Gasteiger partial charge in [-0.15, -0.1) is 0 Å².